The van der Waals surface area contributed by atoms with Crippen molar-refractivity contribution in [2.75, 3.05) is 18.4 Å². The molecule has 0 spiro atoms. The fourth-order valence-electron chi connectivity index (χ4n) is 3.02. The first kappa shape index (κ1) is 21.5. The van der Waals surface area contributed by atoms with Crippen molar-refractivity contribution >= 4 is 21.6 Å². The molecule has 0 atom stereocenters. The normalized spacial score (nSPS) is 11.6. The van der Waals surface area contributed by atoms with Gasteiger partial charge in [-0.1, -0.05) is 37.2 Å². The number of carbonyl (C=O) groups is 1. The molecule has 30 heavy (non-hydrogen) atoms. The maximum Gasteiger partial charge on any atom is 0.439 e. The summed E-state index contributed by atoms with van der Waals surface area (Å²) in [6.07, 6.45) is 0. The summed E-state index contributed by atoms with van der Waals surface area (Å²) >= 11 is 0. The fraction of sp³-hybridized carbons (Fsp3) is 0.250. The molecule has 0 saturated carbocycles. The van der Waals surface area contributed by atoms with E-state index in [-0.39, 0.29) is 16.3 Å². The molecule has 1 heterocycles. The number of rotatable bonds is 7. The van der Waals surface area contributed by atoms with E-state index in [2.05, 4.69) is 20.0 Å². The van der Waals surface area contributed by atoms with Crippen molar-refractivity contribution in [2.45, 2.75) is 25.7 Å². The molecule has 3 rings (SSSR count). The van der Waals surface area contributed by atoms with Crippen LogP contribution in [-0.4, -0.2) is 41.9 Å². The zero-order valence-corrected chi connectivity index (χ0v) is 17.6. The molecule has 0 aliphatic carbocycles. The first-order valence-corrected chi connectivity index (χ1v) is 10.8. The summed E-state index contributed by atoms with van der Waals surface area (Å²) in [7, 11) is -3.70. The summed E-state index contributed by atoms with van der Waals surface area (Å²) < 4.78 is 31.6. The maximum absolute atomic E-state index is 12.9. The van der Waals surface area contributed by atoms with E-state index >= 15 is 0 Å². The second-order valence-corrected chi connectivity index (χ2v) is 8.45. The van der Waals surface area contributed by atoms with Gasteiger partial charge in [-0.25, -0.2) is 13.2 Å². The van der Waals surface area contributed by atoms with Crippen molar-refractivity contribution in [3.63, 3.8) is 0 Å². The molecular formula is C20H22N4O5S. The quantitative estimate of drug-likeness (QED) is 0.593. The van der Waals surface area contributed by atoms with Gasteiger partial charge in [0.15, 0.2) is 5.82 Å². The molecule has 2 aromatic carbocycles. The lowest BCUT2D eigenvalue weighted by molar-refractivity contribution is 0.102. The van der Waals surface area contributed by atoms with Crippen molar-refractivity contribution in [2.24, 2.45) is 0 Å². The monoisotopic (exact) mass is 430 g/mol. The Kier molecular flexibility index (Phi) is 6.18. The minimum atomic E-state index is -3.70. The summed E-state index contributed by atoms with van der Waals surface area (Å²) in [4.78, 5) is 26.4. The molecule has 0 aliphatic heterocycles. The molecule has 1 aromatic heterocycles. The average molecular weight is 430 g/mol. The van der Waals surface area contributed by atoms with Gasteiger partial charge in [0.05, 0.1) is 4.90 Å². The number of hydrogen-bond donors (Lipinski definition) is 2. The number of benzene rings is 2. The van der Waals surface area contributed by atoms with Crippen LogP contribution in [0.15, 0.2) is 56.7 Å². The smallest absolute Gasteiger partial charge is 0.322 e. The standard InChI is InChI=1S/C20H22N4O5S/c1-4-24(5-2)30(27,28)17-12-15(10-9-13(17)3)19(25)21-16-8-6-7-14(11-16)18-22-20(26)29-23-18/h6-12H,4-5H2,1-3H3,(H,21,25)(H,22,23,26). The van der Waals surface area contributed by atoms with Gasteiger partial charge in [-0.15, -0.1) is 0 Å². The number of aromatic nitrogens is 2. The number of nitrogens with zero attached hydrogens (tertiary/aromatic N) is 2. The first-order chi connectivity index (χ1) is 14.3. The van der Waals surface area contributed by atoms with Crippen molar-refractivity contribution in [3.8, 4) is 11.4 Å². The fourth-order valence-corrected chi connectivity index (χ4v) is 4.73. The van der Waals surface area contributed by atoms with Crippen molar-refractivity contribution in [1.29, 1.82) is 0 Å². The van der Waals surface area contributed by atoms with E-state index < -0.39 is 21.7 Å². The largest absolute Gasteiger partial charge is 0.439 e. The third-order valence-electron chi connectivity index (χ3n) is 4.61. The maximum atomic E-state index is 12.9. The van der Waals surface area contributed by atoms with Crippen molar-refractivity contribution < 1.29 is 17.7 Å². The lowest BCUT2D eigenvalue weighted by Crippen LogP contribution is -2.31. The van der Waals surface area contributed by atoms with E-state index in [9.17, 15) is 18.0 Å². The van der Waals surface area contributed by atoms with Crippen LogP contribution in [0.4, 0.5) is 5.69 Å². The Bertz CT molecular complexity index is 1230. The highest BCUT2D eigenvalue weighted by molar-refractivity contribution is 7.89. The predicted molar refractivity (Wildman–Crippen MR) is 112 cm³/mol. The van der Waals surface area contributed by atoms with Gasteiger partial charge in [0, 0.05) is 29.9 Å². The lowest BCUT2D eigenvalue weighted by atomic mass is 10.1. The van der Waals surface area contributed by atoms with Gasteiger partial charge in [0.1, 0.15) is 0 Å². The molecule has 0 radical (unpaired) electrons. The number of carbonyl (C=O) groups excluding carboxylic acids is 1. The van der Waals surface area contributed by atoms with Crippen molar-refractivity contribution in [1.82, 2.24) is 14.4 Å². The minimum Gasteiger partial charge on any atom is -0.322 e. The highest BCUT2D eigenvalue weighted by atomic mass is 32.2. The lowest BCUT2D eigenvalue weighted by Gasteiger charge is -2.20. The number of nitrogens with one attached hydrogen (secondary N) is 2. The van der Waals surface area contributed by atoms with Crippen LogP contribution in [0.3, 0.4) is 0 Å². The number of aryl methyl sites for hydroxylation is 1. The van der Waals surface area contributed by atoms with Crippen LogP contribution in [0.25, 0.3) is 11.4 Å². The van der Waals surface area contributed by atoms with Gasteiger partial charge in [0.25, 0.3) is 5.91 Å². The summed E-state index contributed by atoms with van der Waals surface area (Å²) in [6, 6.07) is 11.2. The summed E-state index contributed by atoms with van der Waals surface area (Å²) in [5, 5.41) is 6.35. The van der Waals surface area contributed by atoms with Crippen molar-refractivity contribution in [3.05, 3.63) is 64.1 Å². The number of anilines is 1. The molecule has 3 aromatic rings. The summed E-state index contributed by atoms with van der Waals surface area (Å²) in [6.45, 7) is 5.90. The van der Waals surface area contributed by atoms with Gasteiger partial charge in [-0.3, -0.25) is 14.3 Å². The van der Waals surface area contributed by atoms with Gasteiger partial charge in [-0.2, -0.15) is 4.31 Å². The third kappa shape index (κ3) is 4.34. The molecule has 2 N–H and O–H groups in total. The molecule has 0 unspecified atom stereocenters. The van der Waals surface area contributed by atoms with Crippen LogP contribution in [0.5, 0.6) is 0 Å². The van der Waals surface area contributed by atoms with Gasteiger partial charge >= 0.3 is 5.76 Å². The Morgan fingerprint density at radius 2 is 1.90 bits per heavy atom. The van der Waals surface area contributed by atoms with Crippen LogP contribution in [0.2, 0.25) is 0 Å². The molecule has 0 bridgehead atoms. The zero-order chi connectivity index (χ0) is 21.9. The van der Waals surface area contributed by atoms with Crippen LogP contribution in [-0.2, 0) is 10.0 Å². The topological polar surface area (TPSA) is 125 Å². The highest BCUT2D eigenvalue weighted by Gasteiger charge is 2.24. The van der Waals surface area contributed by atoms with Gasteiger partial charge < -0.3 is 5.32 Å². The van der Waals surface area contributed by atoms with Crippen LogP contribution >= 0.6 is 0 Å². The van der Waals surface area contributed by atoms with Crippen LogP contribution in [0, 0.1) is 6.92 Å². The van der Waals surface area contributed by atoms with E-state index in [1.807, 2.05) is 0 Å². The summed E-state index contributed by atoms with van der Waals surface area (Å²) in [5.41, 5.74) is 1.78. The molecule has 1 amide bonds. The predicted octanol–water partition coefficient (Wildman–Crippen LogP) is 2.62. The number of hydrogen-bond acceptors (Lipinski definition) is 6. The average Bonchev–Trinajstić information content (AvgIpc) is 3.15. The Morgan fingerprint density at radius 1 is 1.17 bits per heavy atom. The number of aromatic amines is 1. The van der Waals surface area contributed by atoms with Gasteiger partial charge in [-0.05, 0) is 36.8 Å². The third-order valence-corrected chi connectivity index (χ3v) is 6.80. The number of amides is 1. The van der Waals surface area contributed by atoms with Gasteiger partial charge in [0.2, 0.25) is 10.0 Å². The molecular weight excluding hydrogens is 408 g/mol. The molecule has 0 aliphatic rings. The van der Waals surface area contributed by atoms with E-state index in [0.29, 0.717) is 29.9 Å². The van der Waals surface area contributed by atoms with Crippen LogP contribution in [0.1, 0.15) is 29.8 Å². The Morgan fingerprint density at radius 3 is 2.53 bits per heavy atom. The molecule has 0 fully saturated rings. The van der Waals surface area contributed by atoms with E-state index in [4.69, 9.17) is 0 Å². The van der Waals surface area contributed by atoms with E-state index in [1.54, 1.807) is 57.2 Å². The SMILES string of the molecule is CCN(CC)S(=O)(=O)c1cc(C(=O)Nc2cccc(-c3noc(=O)[nH]3)c2)ccc1C. The highest BCUT2D eigenvalue weighted by Crippen LogP contribution is 2.23. The second kappa shape index (κ2) is 8.64. The Balaban J connectivity index is 1.89. The zero-order valence-electron chi connectivity index (χ0n) is 16.8. The Labute approximate surface area is 173 Å². The van der Waals surface area contributed by atoms with Crippen LogP contribution < -0.4 is 11.1 Å². The molecule has 158 valence electrons. The first-order valence-electron chi connectivity index (χ1n) is 9.34. The summed E-state index contributed by atoms with van der Waals surface area (Å²) in [5.74, 6) is -0.906. The van der Waals surface area contributed by atoms with E-state index in [1.165, 1.54) is 10.4 Å². The second-order valence-electron chi connectivity index (χ2n) is 6.55. The Hall–Kier alpha value is -3.24. The molecule has 10 heteroatoms. The number of sulfonamides is 1. The number of H-pyrrole nitrogens is 1. The molecule has 9 nitrogen and oxygen atoms in total. The van der Waals surface area contributed by atoms with E-state index in [0.717, 1.165) is 0 Å². The molecule has 0 saturated heterocycles. The minimum absolute atomic E-state index is 0.104.